The Morgan fingerprint density at radius 1 is 0.441 bits per heavy atom. The van der Waals surface area contributed by atoms with E-state index in [-0.39, 0.29) is 0 Å². The van der Waals surface area contributed by atoms with Gasteiger partial charge in [0, 0.05) is 0 Å². The van der Waals surface area contributed by atoms with E-state index < -0.39 is 69.2 Å². The second kappa shape index (κ2) is 7.75. The SMILES string of the molecule is O=S(=O)(O)C(F)(F)C(F)(F)C(F)(F)C(F)(F)C(F)(F)C(F)(F)C(F)(F)C(F)(F)C(F)(F)C(F)F. The lowest BCUT2D eigenvalue weighted by Gasteiger charge is -2.44. The summed E-state index contributed by atoms with van der Waals surface area (Å²) >= 11 is 0. The molecule has 0 rings (SSSR count). The van der Waals surface area contributed by atoms with Gasteiger partial charge in [-0.3, -0.25) is 4.55 Å². The first-order valence-corrected chi connectivity index (χ1v) is 8.29. The molecule has 0 radical (unpaired) electrons. The fourth-order valence-corrected chi connectivity index (χ4v) is 2.13. The summed E-state index contributed by atoms with van der Waals surface area (Å²) in [6.45, 7) is 0. The molecule has 0 bridgehead atoms. The Bertz CT molecular complexity index is 873. The van der Waals surface area contributed by atoms with Crippen LogP contribution in [0.5, 0.6) is 0 Å². The summed E-state index contributed by atoms with van der Waals surface area (Å²) < 4.78 is 286. The molecular weight excluding hydrogens is 580 g/mol. The standard InChI is InChI=1S/C10H2F20O3S/c11-1(12)2(13,14)3(15,16)4(17,18)5(19,20)6(21,22)7(23,24)8(25,26)9(27,28)10(29,30)34(31,32)33/h1H,(H,31,32,33). The molecule has 0 spiro atoms. The Hall–Kier alpha value is -1.49. The van der Waals surface area contributed by atoms with Crippen molar-refractivity contribution in [3.63, 3.8) is 0 Å². The van der Waals surface area contributed by atoms with Crippen LogP contribution >= 0.6 is 0 Å². The summed E-state index contributed by atoms with van der Waals surface area (Å²) in [5.41, 5.74) is 0. The monoisotopic (exact) mass is 582 g/mol. The van der Waals surface area contributed by atoms with Crippen molar-refractivity contribution in [2.24, 2.45) is 0 Å². The van der Waals surface area contributed by atoms with Crippen LogP contribution in [0.1, 0.15) is 0 Å². The van der Waals surface area contributed by atoms with Crippen LogP contribution in [0.3, 0.4) is 0 Å². The van der Waals surface area contributed by atoms with Gasteiger partial charge in [0.2, 0.25) is 0 Å². The molecule has 0 fully saturated rings. The molecule has 24 heteroatoms. The molecule has 0 atom stereocenters. The van der Waals surface area contributed by atoms with Gasteiger partial charge in [-0.1, -0.05) is 0 Å². The van der Waals surface area contributed by atoms with Crippen molar-refractivity contribution in [2.75, 3.05) is 0 Å². The maximum absolute atomic E-state index is 13.3. The molecule has 0 aromatic heterocycles. The van der Waals surface area contributed by atoms with Crippen LogP contribution in [0.2, 0.25) is 0 Å². The predicted octanol–water partition coefficient (Wildman–Crippen LogP) is 5.81. The molecule has 1 N–H and O–H groups in total. The average Bonchev–Trinajstić information content (AvgIpc) is 2.58. The molecule has 0 heterocycles. The third-order valence-electron chi connectivity index (χ3n) is 3.75. The number of hydrogen-bond donors (Lipinski definition) is 1. The molecule has 0 aromatic rings. The highest BCUT2D eigenvalue weighted by molar-refractivity contribution is 7.87. The smallest absolute Gasteiger partial charge is 0.281 e. The molecule has 0 unspecified atom stereocenters. The molecule has 0 saturated carbocycles. The maximum Gasteiger partial charge on any atom is 0.438 e. The van der Waals surface area contributed by atoms with Crippen molar-refractivity contribution < 1.29 is 101 Å². The minimum atomic E-state index is -9.24. The maximum atomic E-state index is 13.3. The van der Waals surface area contributed by atoms with Crippen LogP contribution in [-0.4, -0.2) is 72.0 Å². The number of halogens is 20. The second-order valence-electron chi connectivity index (χ2n) is 5.94. The van der Waals surface area contributed by atoms with Crippen LogP contribution in [0.25, 0.3) is 0 Å². The van der Waals surface area contributed by atoms with Crippen LogP contribution in [0, 0.1) is 0 Å². The van der Waals surface area contributed by atoms with Crippen molar-refractivity contribution in [1.29, 1.82) is 0 Å². The lowest BCUT2D eigenvalue weighted by molar-refractivity contribution is -0.462. The van der Waals surface area contributed by atoms with Crippen molar-refractivity contribution in [2.45, 2.75) is 59.1 Å². The average molecular weight is 582 g/mol. The van der Waals surface area contributed by atoms with Gasteiger partial charge in [-0.05, 0) is 0 Å². The number of alkyl halides is 20. The summed E-state index contributed by atoms with van der Waals surface area (Å²) in [6.07, 6.45) is -6.17. The zero-order valence-corrected chi connectivity index (χ0v) is 15.1. The largest absolute Gasteiger partial charge is 0.438 e. The fourth-order valence-electron chi connectivity index (χ4n) is 1.68. The van der Waals surface area contributed by atoms with Gasteiger partial charge >= 0.3 is 69.2 Å². The van der Waals surface area contributed by atoms with Crippen LogP contribution in [0.4, 0.5) is 87.8 Å². The summed E-state index contributed by atoms with van der Waals surface area (Å²) in [6, 6.07) is 0. The highest BCUT2D eigenvalue weighted by atomic mass is 32.2. The Balaban J connectivity index is 7.14. The van der Waals surface area contributed by atoms with E-state index in [2.05, 4.69) is 0 Å². The van der Waals surface area contributed by atoms with Crippen LogP contribution < -0.4 is 0 Å². The van der Waals surface area contributed by atoms with E-state index in [4.69, 9.17) is 4.55 Å². The normalized spacial score (nSPS) is 16.9. The Morgan fingerprint density at radius 3 is 0.853 bits per heavy atom. The predicted molar refractivity (Wildman–Crippen MR) is 62.1 cm³/mol. The number of rotatable bonds is 10. The van der Waals surface area contributed by atoms with E-state index in [1.54, 1.807) is 0 Å². The molecule has 3 nitrogen and oxygen atoms in total. The molecule has 0 aliphatic carbocycles. The first kappa shape index (κ1) is 32.5. The molecule has 0 aliphatic rings. The highest BCUT2D eigenvalue weighted by Gasteiger charge is 2.97. The van der Waals surface area contributed by atoms with E-state index in [1.165, 1.54) is 0 Å². The topological polar surface area (TPSA) is 54.4 Å². The Labute approximate surface area is 171 Å². The van der Waals surface area contributed by atoms with Gasteiger partial charge in [0.1, 0.15) is 0 Å². The van der Waals surface area contributed by atoms with Gasteiger partial charge in [-0.25, -0.2) is 8.78 Å². The first-order valence-electron chi connectivity index (χ1n) is 6.85. The minimum Gasteiger partial charge on any atom is -0.281 e. The lowest BCUT2D eigenvalue weighted by atomic mass is 9.87. The van der Waals surface area contributed by atoms with Gasteiger partial charge in [-0.2, -0.15) is 87.4 Å². The molecule has 0 aliphatic heterocycles. The fraction of sp³-hybridized carbons (Fsp3) is 1.00. The zero-order valence-electron chi connectivity index (χ0n) is 14.3. The van der Waals surface area contributed by atoms with E-state index in [1.807, 2.05) is 0 Å². The molecule has 0 saturated heterocycles. The molecule has 0 amide bonds. The van der Waals surface area contributed by atoms with Crippen molar-refractivity contribution in [3.05, 3.63) is 0 Å². The summed E-state index contributed by atoms with van der Waals surface area (Å²) in [5, 5.41) is -8.01. The minimum absolute atomic E-state index is 6.17. The molecule has 0 aromatic carbocycles. The summed E-state index contributed by atoms with van der Waals surface area (Å²) in [5.74, 6) is -70.6. The van der Waals surface area contributed by atoms with E-state index in [9.17, 15) is 96.2 Å². The van der Waals surface area contributed by atoms with Gasteiger partial charge in [0.25, 0.3) is 0 Å². The van der Waals surface area contributed by atoms with Crippen molar-refractivity contribution in [1.82, 2.24) is 0 Å². The third-order valence-corrected chi connectivity index (χ3v) is 4.65. The molecular formula is C10H2F20O3S. The lowest BCUT2D eigenvalue weighted by Crippen LogP contribution is -2.76. The third kappa shape index (κ3) is 3.63. The Morgan fingerprint density at radius 2 is 0.647 bits per heavy atom. The molecule has 206 valence electrons. The summed E-state index contributed by atoms with van der Waals surface area (Å²) in [7, 11) is -8.04. The quantitative estimate of drug-likeness (QED) is 0.261. The van der Waals surface area contributed by atoms with Crippen LogP contribution in [0.15, 0.2) is 0 Å². The van der Waals surface area contributed by atoms with Gasteiger partial charge in [-0.15, -0.1) is 0 Å². The molecule has 34 heavy (non-hydrogen) atoms. The zero-order chi connectivity index (χ0) is 28.6. The highest BCUT2D eigenvalue weighted by Crippen LogP contribution is 2.65. The second-order valence-corrected chi connectivity index (χ2v) is 7.40. The van der Waals surface area contributed by atoms with E-state index >= 15 is 0 Å². The number of hydrogen-bond acceptors (Lipinski definition) is 2. The van der Waals surface area contributed by atoms with Gasteiger partial charge < -0.3 is 0 Å². The van der Waals surface area contributed by atoms with E-state index in [0.717, 1.165) is 0 Å². The van der Waals surface area contributed by atoms with Gasteiger partial charge in [0.05, 0.1) is 0 Å². The van der Waals surface area contributed by atoms with Crippen molar-refractivity contribution in [3.8, 4) is 0 Å². The van der Waals surface area contributed by atoms with Crippen LogP contribution in [-0.2, 0) is 10.1 Å². The Kier molecular flexibility index (Phi) is 7.41. The van der Waals surface area contributed by atoms with Gasteiger partial charge in [0.15, 0.2) is 0 Å². The van der Waals surface area contributed by atoms with Crippen molar-refractivity contribution >= 4 is 10.1 Å². The summed E-state index contributed by atoms with van der Waals surface area (Å²) in [4.78, 5) is 0. The van der Waals surface area contributed by atoms with E-state index in [0.29, 0.717) is 0 Å². The first-order chi connectivity index (χ1) is 14.2.